The van der Waals surface area contributed by atoms with Crippen LogP contribution in [0.25, 0.3) is 4.98 Å². The first-order valence-electron chi connectivity index (χ1n) is 5.51. The van der Waals surface area contributed by atoms with Gasteiger partial charge in [-0.25, -0.2) is 0 Å². The van der Waals surface area contributed by atoms with Crippen molar-refractivity contribution >= 4 is 5.69 Å². The van der Waals surface area contributed by atoms with Crippen LogP contribution in [0.2, 0.25) is 0 Å². The van der Waals surface area contributed by atoms with Gasteiger partial charge in [-0.15, -0.1) is 0 Å². The Balaban J connectivity index is 2.22. The average molecular weight is 256 g/mol. The predicted molar refractivity (Wildman–Crippen MR) is 68.0 cm³/mol. The molecule has 0 aromatic heterocycles. The summed E-state index contributed by atoms with van der Waals surface area (Å²) < 4.78 is 5.34. The lowest BCUT2D eigenvalue weighted by Crippen LogP contribution is -2.17. The summed E-state index contributed by atoms with van der Waals surface area (Å²) in [6, 6.07) is 14.5. The lowest BCUT2D eigenvalue weighted by Gasteiger charge is -2.11. The Morgan fingerprint density at radius 2 is 1.74 bits per heavy atom. The van der Waals surface area contributed by atoms with Crippen LogP contribution in [0.5, 0.6) is 5.75 Å². The molecule has 1 unspecified atom stereocenters. The van der Waals surface area contributed by atoms with Crippen LogP contribution in [-0.2, 0) is 0 Å². The Hall–Kier alpha value is -2.94. The van der Waals surface area contributed by atoms with Gasteiger partial charge in [-0.05, 0) is 24.3 Å². The van der Waals surface area contributed by atoms with E-state index in [-0.39, 0.29) is 0 Å². The summed E-state index contributed by atoms with van der Waals surface area (Å²) in [5.41, 5.74) is 0.813. The quantitative estimate of drug-likeness (QED) is 0.362. The Bertz CT molecular complexity index is 605. The van der Waals surface area contributed by atoms with Crippen molar-refractivity contribution in [3.63, 3.8) is 0 Å². The number of nitrogens with zero attached hydrogens (tertiary/aromatic N) is 3. The van der Waals surface area contributed by atoms with Gasteiger partial charge in [0.1, 0.15) is 5.75 Å². The minimum Gasteiger partial charge on any atom is -0.426 e. The Morgan fingerprint density at radius 3 is 2.26 bits per heavy atom. The molecule has 0 saturated heterocycles. The van der Waals surface area contributed by atoms with Gasteiger partial charge in [0, 0.05) is 12.1 Å². The zero-order chi connectivity index (χ0) is 13.7. The van der Waals surface area contributed by atoms with Crippen LogP contribution < -0.4 is 4.74 Å². The molecule has 0 saturated carbocycles. The lowest BCUT2D eigenvalue weighted by atomic mass is 10.2. The summed E-state index contributed by atoms with van der Waals surface area (Å²) in [5.74, 6) is 0.331. The molecule has 0 radical (unpaired) electrons. The van der Waals surface area contributed by atoms with Crippen molar-refractivity contribution in [2.75, 3.05) is 0 Å². The van der Waals surface area contributed by atoms with Crippen LogP contribution in [0.15, 0.2) is 54.6 Å². The average Bonchev–Trinajstić information content (AvgIpc) is 2.46. The molecule has 2 rings (SSSR count). The molecule has 6 nitrogen and oxygen atoms in total. The number of hydrogen-bond donors (Lipinski definition) is 0. The maximum absolute atomic E-state index is 11.0. The molecule has 19 heavy (non-hydrogen) atoms. The van der Waals surface area contributed by atoms with E-state index in [0.29, 0.717) is 17.0 Å². The Morgan fingerprint density at radius 1 is 1.11 bits per heavy atom. The number of hydrogen-bond acceptors (Lipinski definition) is 4. The molecule has 0 bridgehead atoms. The SMILES string of the molecule is N#[N+]c1ccc(OC(c2ccccc2)[N+](=O)[O-])cc1. The summed E-state index contributed by atoms with van der Waals surface area (Å²) in [6.07, 6.45) is -1.27. The van der Waals surface area contributed by atoms with E-state index < -0.39 is 11.2 Å². The molecule has 0 amide bonds. The summed E-state index contributed by atoms with van der Waals surface area (Å²) in [4.78, 5) is 13.5. The first-order valence-corrected chi connectivity index (χ1v) is 5.51. The number of rotatable bonds is 4. The zero-order valence-corrected chi connectivity index (χ0v) is 9.84. The molecule has 1 atom stereocenters. The fraction of sp³-hybridized carbons (Fsp3) is 0.0769. The summed E-state index contributed by atoms with van der Waals surface area (Å²) in [7, 11) is 0. The lowest BCUT2D eigenvalue weighted by molar-refractivity contribution is -0.570. The second kappa shape index (κ2) is 5.60. The molecule has 94 valence electrons. The maximum atomic E-state index is 11.0. The van der Waals surface area contributed by atoms with Gasteiger partial charge in [0.05, 0.1) is 10.5 Å². The van der Waals surface area contributed by atoms with Crippen molar-refractivity contribution < 1.29 is 9.66 Å². The summed E-state index contributed by atoms with van der Waals surface area (Å²) in [6.45, 7) is 0. The number of nitro groups is 1. The minimum atomic E-state index is -1.27. The molecule has 6 heteroatoms. The second-order valence-corrected chi connectivity index (χ2v) is 3.76. The third kappa shape index (κ3) is 3.04. The standard InChI is InChI=1S/C13H10N3O3/c14-15-11-6-8-12(9-7-11)19-13(16(17)18)10-4-2-1-3-5-10/h1-9,13H/q+1. The van der Waals surface area contributed by atoms with E-state index in [1.165, 1.54) is 24.3 Å². The molecule has 2 aromatic carbocycles. The van der Waals surface area contributed by atoms with Gasteiger partial charge < -0.3 is 4.74 Å². The Labute approximate surface area is 109 Å². The first kappa shape index (κ1) is 12.5. The van der Waals surface area contributed by atoms with E-state index in [0.717, 1.165) is 0 Å². The van der Waals surface area contributed by atoms with E-state index in [1.807, 2.05) is 0 Å². The van der Waals surface area contributed by atoms with Gasteiger partial charge in [-0.3, -0.25) is 10.1 Å². The van der Waals surface area contributed by atoms with E-state index in [4.69, 9.17) is 10.1 Å². The van der Waals surface area contributed by atoms with Crippen molar-refractivity contribution in [3.8, 4) is 5.75 Å². The van der Waals surface area contributed by atoms with Crippen molar-refractivity contribution in [1.82, 2.24) is 0 Å². The van der Waals surface area contributed by atoms with Crippen molar-refractivity contribution in [2.45, 2.75) is 6.23 Å². The highest BCUT2D eigenvalue weighted by Gasteiger charge is 2.24. The molecule has 0 N–H and O–H groups in total. The van der Waals surface area contributed by atoms with Gasteiger partial charge in [0.15, 0.2) is 4.98 Å². The normalized spacial score (nSPS) is 11.3. The molecule has 2 aromatic rings. The summed E-state index contributed by atoms with van der Waals surface area (Å²) in [5, 5.41) is 19.6. The Kier molecular flexibility index (Phi) is 3.69. The highest BCUT2D eigenvalue weighted by atomic mass is 16.7. The predicted octanol–water partition coefficient (Wildman–Crippen LogP) is 3.53. The number of ether oxygens (including phenoxy) is 1. The van der Waals surface area contributed by atoms with E-state index >= 15 is 0 Å². The maximum Gasteiger partial charge on any atom is 0.385 e. The minimum absolute atomic E-state index is 0.331. The highest BCUT2D eigenvalue weighted by molar-refractivity contribution is 5.46. The van der Waals surface area contributed by atoms with Crippen LogP contribution in [0.1, 0.15) is 11.8 Å². The molecule has 0 aliphatic rings. The van der Waals surface area contributed by atoms with Crippen LogP contribution in [0, 0.1) is 15.5 Å². The third-order valence-corrected chi connectivity index (χ3v) is 2.48. The van der Waals surface area contributed by atoms with Crippen LogP contribution in [-0.4, -0.2) is 4.92 Å². The van der Waals surface area contributed by atoms with Crippen LogP contribution in [0.4, 0.5) is 5.69 Å². The summed E-state index contributed by atoms with van der Waals surface area (Å²) >= 11 is 0. The zero-order valence-electron chi connectivity index (χ0n) is 9.84. The fourth-order valence-corrected chi connectivity index (χ4v) is 1.57. The monoisotopic (exact) mass is 256 g/mol. The molecule has 0 heterocycles. The second-order valence-electron chi connectivity index (χ2n) is 3.76. The molecule has 0 spiro atoms. The van der Waals surface area contributed by atoms with Crippen molar-refractivity contribution in [1.29, 1.82) is 5.39 Å². The van der Waals surface area contributed by atoms with Gasteiger partial charge in [0.2, 0.25) is 5.39 Å². The molecule has 0 fully saturated rings. The van der Waals surface area contributed by atoms with Gasteiger partial charge >= 0.3 is 11.9 Å². The van der Waals surface area contributed by atoms with Crippen molar-refractivity contribution in [3.05, 3.63) is 75.3 Å². The van der Waals surface area contributed by atoms with Crippen LogP contribution in [0.3, 0.4) is 0 Å². The van der Waals surface area contributed by atoms with Gasteiger partial charge in [-0.2, -0.15) is 0 Å². The highest BCUT2D eigenvalue weighted by Crippen LogP contribution is 2.24. The molecule has 0 aliphatic heterocycles. The van der Waals surface area contributed by atoms with E-state index in [9.17, 15) is 10.1 Å². The smallest absolute Gasteiger partial charge is 0.385 e. The topological polar surface area (TPSA) is 80.5 Å². The van der Waals surface area contributed by atoms with Crippen LogP contribution >= 0.6 is 0 Å². The van der Waals surface area contributed by atoms with E-state index in [2.05, 4.69) is 4.98 Å². The van der Waals surface area contributed by atoms with Gasteiger partial charge in [0.25, 0.3) is 0 Å². The molecular weight excluding hydrogens is 246 g/mol. The third-order valence-electron chi connectivity index (χ3n) is 2.48. The number of benzene rings is 2. The fourth-order valence-electron chi connectivity index (χ4n) is 1.57. The largest absolute Gasteiger partial charge is 0.426 e. The number of diazo groups is 1. The first-order chi connectivity index (χ1) is 9.20. The van der Waals surface area contributed by atoms with E-state index in [1.54, 1.807) is 30.3 Å². The molecular formula is C13H10N3O3+. The van der Waals surface area contributed by atoms with Crippen molar-refractivity contribution in [2.24, 2.45) is 0 Å². The molecule has 0 aliphatic carbocycles. The van der Waals surface area contributed by atoms with Gasteiger partial charge in [-0.1, -0.05) is 18.2 Å².